The Morgan fingerprint density at radius 2 is 1.73 bits per heavy atom. The largest absolute Gasteiger partial charge is 0.525 e. The number of hydrogen-bond donors (Lipinski definition) is 3. The fraction of sp³-hybridized carbons (Fsp3) is 0.429. The minimum atomic E-state index is -1.23. The maximum atomic E-state index is 11.7. The third-order valence-electron chi connectivity index (χ3n) is 8.03. The number of H-pyrrole nitrogens is 1. The summed E-state index contributed by atoms with van der Waals surface area (Å²) in [6.07, 6.45) is 4.00. The summed E-state index contributed by atoms with van der Waals surface area (Å²) < 4.78 is 5.80. The SMILES string of the molecule is CN1CCC2(CC1)c1ccccc1OC2C(N)=O.O=C(O)ON1CCC(c2c[nH]c3ccccc23)CC1. The molecule has 3 aliphatic rings. The molecule has 0 bridgehead atoms. The van der Waals surface area contributed by atoms with Crippen molar-refractivity contribution in [3.8, 4) is 5.75 Å². The van der Waals surface area contributed by atoms with Gasteiger partial charge in [-0.1, -0.05) is 36.4 Å². The predicted octanol–water partition coefficient (Wildman–Crippen LogP) is 3.85. The van der Waals surface area contributed by atoms with Gasteiger partial charge in [-0.05, 0) is 69.4 Å². The minimum absolute atomic E-state index is 0.213. The molecule has 4 N–H and O–H groups in total. The summed E-state index contributed by atoms with van der Waals surface area (Å²) >= 11 is 0. The van der Waals surface area contributed by atoms with Gasteiger partial charge in [0.15, 0.2) is 6.10 Å². The molecule has 1 atom stereocenters. The van der Waals surface area contributed by atoms with Crippen molar-refractivity contribution in [3.63, 3.8) is 0 Å². The Kier molecular flexibility index (Phi) is 7.08. The average molecular weight is 507 g/mol. The average Bonchev–Trinajstić information content (AvgIpc) is 3.47. The van der Waals surface area contributed by atoms with E-state index >= 15 is 0 Å². The topological polar surface area (TPSA) is 121 Å². The van der Waals surface area contributed by atoms with Crippen LogP contribution in [-0.2, 0) is 15.0 Å². The second-order valence-electron chi connectivity index (χ2n) is 10.2. The van der Waals surface area contributed by atoms with E-state index in [1.807, 2.05) is 30.3 Å². The van der Waals surface area contributed by atoms with Crippen molar-refractivity contribution in [1.82, 2.24) is 14.9 Å². The first-order valence-corrected chi connectivity index (χ1v) is 12.8. The van der Waals surface area contributed by atoms with Crippen molar-refractivity contribution in [2.24, 2.45) is 5.73 Å². The molecule has 0 radical (unpaired) electrons. The summed E-state index contributed by atoms with van der Waals surface area (Å²) in [5.41, 5.74) is 8.96. The van der Waals surface area contributed by atoms with Crippen LogP contribution >= 0.6 is 0 Å². The number of carbonyl (C=O) groups is 2. The highest BCUT2D eigenvalue weighted by molar-refractivity contribution is 5.84. The summed E-state index contributed by atoms with van der Waals surface area (Å²) in [5, 5.41) is 11.4. The number of piperidine rings is 2. The molecular formula is C28H34N4O5. The fourth-order valence-electron chi connectivity index (χ4n) is 6.04. The van der Waals surface area contributed by atoms with Gasteiger partial charge in [0.25, 0.3) is 5.91 Å². The zero-order chi connectivity index (χ0) is 26.0. The first kappa shape index (κ1) is 25.1. The number of ether oxygens (including phenoxy) is 1. The number of nitrogens with one attached hydrogen (secondary N) is 1. The van der Waals surface area contributed by atoms with Gasteiger partial charge >= 0.3 is 6.16 Å². The second-order valence-corrected chi connectivity index (χ2v) is 10.2. The van der Waals surface area contributed by atoms with Crippen LogP contribution in [0.3, 0.4) is 0 Å². The van der Waals surface area contributed by atoms with Crippen LogP contribution < -0.4 is 10.5 Å². The predicted molar refractivity (Wildman–Crippen MR) is 139 cm³/mol. The zero-order valence-electron chi connectivity index (χ0n) is 21.1. The molecule has 9 nitrogen and oxygen atoms in total. The van der Waals surface area contributed by atoms with Crippen molar-refractivity contribution in [1.29, 1.82) is 0 Å². The number of carbonyl (C=O) groups excluding carboxylic acids is 1. The lowest BCUT2D eigenvalue weighted by Gasteiger charge is -2.39. The monoisotopic (exact) mass is 506 g/mol. The lowest BCUT2D eigenvalue weighted by atomic mass is 9.70. The molecule has 3 aliphatic heterocycles. The number of amides is 1. The number of benzene rings is 2. The number of aromatic nitrogens is 1. The fourth-order valence-corrected chi connectivity index (χ4v) is 6.04. The first-order chi connectivity index (χ1) is 17.9. The molecule has 4 heterocycles. The van der Waals surface area contributed by atoms with Gasteiger partial charge in [0, 0.05) is 41.2 Å². The van der Waals surface area contributed by atoms with E-state index in [0.29, 0.717) is 19.0 Å². The third kappa shape index (κ3) is 5.01. The highest BCUT2D eigenvalue weighted by atomic mass is 16.8. The molecule has 2 saturated heterocycles. The van der Waals surface area contributed by atoms with Crippen LogP contribution in [0, 0.1) is 0 Å². The highest BCUT2D eigenvalue weighted by Crippen LogP contribution is 2.49. The number of nitrogens with two attached hydrogens (primary N) is 1. The van der Waals surface area contributed by atoms with E-state index < -0.39 is 12.3 Å². The van der Waals surface area contributed by atoms with Crippen molar-refractivity contribution < 1.29 is 24.3 Å². The summed E-state index contributed by atoms with van der Waals surface area (Å²) in [6.45, 7) is 3.25. The van der Waals surface area contributed by atoms with Gasteiger partial charge in [-0.3, -0.25) is 4.79 Å². The molecule has 1 unspecified atom stereocenters. The maximum absolute atomic E-state index is 11.7. The number of hydrogen-bond acceptors (Lipinski definition) is 6. The molecule has 6 rings (SSSR count). The van der Waals surface area contributed by atoms with Crippen LogP contribution in [0.1, 0.15) is 42.7 Å². The summed E-state index contributed by atoms with van der Waals surface area (Å²) in [5.74, 6) is 0.936. The van der Waals surface area contributed by atoms with E-state index in [9.17, 15) is 9.59 Å². The molecule has 196 valence electrons. The number of aromatic amines is 1. The summed E-state index contributed by atoms with van der Waals surface area (Å²) in [4.78, 5) is 32.5. The normalized spacial score (nSPS) is 21.6. The number of hydroxylamine groups is 2. The Morgan fingerprint density at radius 3 is 2.43 bits per heavy atom. The minimum Gasteiger partial charge on any atom is -0.479 e. The molecule has 2 aromatic carbocycles. The van der Waals surface area contributed by atoms with Crippen molar-refractivity contribution in [2.75, 3.05) is 33.2 Å². The van der Waals surface area contributed by atoms with Crippen LogP contribution in [0.15, 0.2) is 54.7 Å². The first-order valence-electron chi connectivity index (χ1n) is 12.8. The summed E-state index contributed by atoms with van der Waals surface area (Å²) in [6, 6.07) is 16.2. The molecule has 0 aliphatic carbocycles. The molecular weight excluding hydrogens is 472 g/mol. The van der Waals surface area contributed by atoms with E-state index in [1.165, 1.54) is 16.0 Å². The molecule has 1 spiro atoms. The zero-order valence-corrected chi connectivity index (χ0v) is 21.1. The Balaban J connectivity index is 0.000000152. The quantitative estimate of drug-likeness (QED) is 0.493. The van der Waals surface area contributed by atoms with Crippen LogP contribution in [-0.4, -0.2) is 71.4 Å². The van der Waals surface area contributed by atoms with Crippen LogP contribution in [0.5, 0.6) is 5.75 Å². The molecule has 1 aromatic heterocycles. The molecule has 9 heteroatoms. The van der Waals surface area contributed by atoms with Crippen LogP contribution in [0.25, 0.3) is 10.9 Å². The number of fused-ring (bicyclic) bond motifs is 3. The third-order valence-corrected chi connectivity index (χ3v) is 8.03. The number of primary amides is 1. The molecule has 3 aromatic rings. The molecule has 37 heavy (non-hydrogen) atoms. The Morgan fingerprint density at radius 1 is 1.05 bits per heavy atom. The van der Waals surface area contributed by atoms with Gasteiger partial charge in [-0.15, -0.1) is 5.06 Å². The van der Waals surface area contributed by atoms with Gasteiger partial charge in [0.2, 0.25) is 0 Å². The number of nitrogens with zero attached hydrogens (tertiary/aromatic N) is 2. The van der Waals surface area contributed by atoms with Gasteiger partial charge in [0.1, 0.15) is 5.75 Å². The summed E-state index contributed by atoms with van der Waals surface area (Å²) in [7, 11) is 2.11. The van der Waals surface area contributed by atoms with E-state index in [-0.39, 0.29) is 11.3 Å². The van der Waals surface area contributed by atoms with E-state index in [1.54, 1.807) is 0 Å². The van der Waals surface area contributed by atoms with E-state index in [0.717, 1.165) is 55.6 Å². The Bertz CT molecular complexity index is 1260. The number of rotatable bonds is 3. The van der Waals surface area contributed by atoms with Crippen LogP contribution in [0.2, 0.25) is 0 Å². The van der Waals surface area contributed by atoms with Crippen molar-refractivity contribution in [3.05, 3.63) is 65.9 Å². The lowest BCUT2D eigenvalue weighted by Crippen LogP contribution is -2.52. The van der Waals surface area contributed by atoms with Crippen molar-refractivity contribution >= 4 is 23.0 Å². The maximum Gasteiger partial charge on any atom is 0.525 e. The second kappa shape index (κ2) is 10.4. The van der Waals surface area contributed by atoms with Crippen molar-refractivity contribution in [2.45, 2.75) is 43.1 Å². The number of carboxylic acid groups (broad SMARTS) is 1. The van der Waals surface area contributed by atoms with Gasteiger partial charge in [-0.25, -0.2) is 4.79 Å². The van der Waals surface area contributed by atoms with Gasteiger partial charge in [0.05, 0.1) is 0 Å². The van der Waals surface area contributed by atoms with E-state index in [2.05, 4.69) is 46.2 Å². The molecule has 2 fully saturated rings. The van der Waals surface area contributed by atoms with Gasteiger partial charge in [-0.2, -0.15) is 0 Å². The van der Waals surface area contributed by atoms with Gasteiger partial charge < -0.3 is 30.3 Å². The van der Waals surface area contributed by atoms with Crippen LogP contribution in [0.4, 0.5) is 4.79 Å². The highest BCUT2D eigenvalue weighted by Gasteiger charge is 2.52. The van der Waals surface area contributed by atoms with E-state index in [4.69, 9.17) is 15.6 Å². The Hall–Kier alpha value is -3.56. The number of likely N-dealkylation sites (tertiary alicyclic amines) is 1. The lowest BCUT2D eigenvalue weighted by molar-refractivity contribution is -0.131. The molecule has 1 amide bonds. The Labute approximate surface area is 216 Å². The molecule has 0 saturated carbocycles. The smallest absolute Gasteiger partial charge is 0.479 e. The number of para-hydroxylation sites is 2. The standard InChI is InChI=1S/C14H16N2O3.C14H18N2O2/c17-14(18)19-16-7-5-10(6-8-16)12-9-15-13-4-2-1-3-11(12)13;1-16-8-6-14(7-9-16)10-4-2-3-5-11(10)18-12(14)13(15)17/h1-4,9-10,15H,5-8H2,(H,17,18);2-5,12H,6-9H2,1H3,(H2,15,17).